The highest BCUT2D eigenvalue weighted by atomic mass is 16.5. The number of aromatic carboxylic acids is 1. The fourth-order valence-corrected chi connectivity index (χ4v) is 3.74. The van der Waals surface area contributed by atoms with Gasteiger partial charge in [-0.2, -0.15) is 10.2 Å². The summed E-state index contributed by atoms with van der Waals surface area (Å²) < 4.78 is 8.17. The smallest absolute Gasteiger partial charge is 0.359 e. The molecule has 0 spiro atoms. The lowest BCUT2D eigenvalue weighted by Gasteiger charge is -2.17. The number of rotatable bonds is 7. The maximum absolute atomic E-state index is 11.9. The van der Waals surface area contributed by atoms with Crippen molar-refractivity contribution in [2.75, 3.05) is 6.61 Å². The molecule has 0 radical (unpaired) electrons. The molecular formula is C27H36N4O6. The van der Waals surface area contributed by atoms with E-state index in [1.165, 1.54) is 4.68 Å². The van der Waals surface area contributed by atoms with E-state index >= 15 is 0 Å². The van der Waals surface area contributed by atoms with Crippen LogP contribution in [0.1, 0.15) is 63.0 Å². The summed E-state index contributed by atoms with van der Waals surface area (Å²) in [7, 11) is 0. The second kappa shape index (κ2) is 11.5. The Balaban J connectivity index is 0.000000255. The van der Waals surface area contributed by atoms with Crippen molar-refractivity contribution in [1.29, 1.82) is 0 Å². The summed E-state index contributed by atoms with van der Waals surface area (Å²) in [6.07, 6.45) is 0. The van der Waals surface area contributed by atoms with Gasteiger partial charge in [0.05, 0.1) is 41.9 Å². The number of carbonyl (C=O) groups excluding carboxylic acids is 1. The van der Waals surface area contributed by atoms with Crippen LogP contribution in [0, 0.1) is 0 Å². The van der Waals surface area contributed by atoms with Gasteiger partial charge in [0, 0.05) is 10.8 Å². The molecule has 0 aliphatic rings. The van der Waals surface area contributed by atoms with E-state index in [0.717, 1.165) is 10.9 Å². The van der Waals surface area contributed by atoms with E-state index in [0.29, 0.717) is 29.7 Å². The number of fused-ring (bicyclic) bond motifs is 2. The Kier molecular flexibility index (Phi) is 9.18. The first kappa shape index (κ1) is 29.5. The lowest BCUT2D eigenvalue weighted by atomic mass is 10.1. The van der Waals surface area contributed by atoms with Gasteiger partial charge in [0.25, 0.3) is 0 Å². The van der Waals surface area contributed by atoms with Crippen LogP contribution in [-0.2, 0) is 17.8 Å². The lowest BCUT2D eigenvalue weighted by molar-refractivity contribution is 0.0500. The first-order valence-corrected chi connectivity index (χ1v) is 11.6. The minimum Gasteiger partial charge on any atom is -0.476 e. The zero-order valence-corrected chi connectivity index (χ0v) is 21.1. The number of carboxylic acid groups (broad SMARTS) is 1. The van der Waals surface area contributed by atoms with E-state index in [1.807, 2.05) is 30.3 Å². The first-order valence-electron chi connectivity index (χ1n) is 11.6. The van der Waals surface area contributed by atoms with Gasteiger partial charge in [0.15, 0.2) is 11.4 Å². The molecule has 2 aromatic carbocycles. The average molecular weight is 513 g/mol. The van der Waals surface area contributed by atoms with Crippen LogP contribution in [0.3, 0.4) is 0 Å². The zero-order valence-electron chi connectivity index (χ0n) is 21.1. The maximum atomic E-state index is 11.9. The molecule has 0 amide bonds. The predicted molar refractivity (Wildman–Crippen MR) is 142 cm³/mol. The van der Waals surface area contributed by atoms with Crippen molar-refractivity contribution in [3.8, 4) is 0 Å². The standard InChI is InChI=1S/C14H18N2O3.C12H14N2O3.CH4/c1-4-19-13(17)12-10-7-5-6-8-11(10)16(15-12)9-14(2,3)18;1-12(2,17)7-14-9-6-4-3-5-8(9)10(13-14)11(15)16;/h5-8,18H,4,9H2,1-3H3;3-6,17H,7H2,1-2H3,(H,15,16);1H4. The molecule has 4 aromatic rings. The van der Waals surface area contributed by atoms with Gasteiger partial charge in [-0.1, -0.05) is 43.8 Å². The third kappa shape index (κ3) is 7.37. The van der Waals surface area contributed by atoms with Gasteiger partial charge in [-0.05, 0) is 46.8 Å². The molecule has 0 aliphatic carbocycles. The molecular weight excluding hydrogens is 476 g/mol. The van der Waals surface area contributed by atoms with Gasteiger partial charge in [-0.15, -0.1) is 0 Å². The average Bonchev–Trinajstić information content (AvgIpc) is 3.31. The highest BCUT2D eigenvalue weighted by molar-refractivity contribution is 6.02. The largest absolute Gasteiger partial charge is 0.476 e. The SMILES string of the molecule is C.CC(C)(O)Cn1nc(C(=O)O)c2ccccc21.CCOC(=O)c1nn(CC(C)(C)O)c2ccccc12. The Labute approximate surface area is 216 Å². The number of aliphatic hydroxyl groups is 2. The molecule has 0 unspecified atom stereocenters. The summed E-state index contributed by atoms with van der Waals surface area (Å²) in [5.74, 6) is -1.50. The normalized spacial score (nSPS) is 11.5. The summed E-state index contributed by atoms with van der Waals surface area (Å²) in [6, 6.07) is 14.5. The second-order valence-electron chi connectivity index (χ2n) is 9.70. The summed E-state index contributed by atoms with van der Waals surface area (Å²) in [6.45, 7) is 9.35. The van der Waals surface area contributed by atoms with E-state index in [-0.39, 0.29) is 19.7 Å². The third-order valence-corrected chi connectivity index (χ3v) is 5.06. The Morgan fingerprint density at radius 1 is 0.811 bits per heavy atom. The Morgan fingerprint density at radius 2 is 1.22 bits per heavy atom. The van der Waals surface area contributed by atoms with Crippen LogP contribution in [-0.4, -0.2) is 64.6 Å². The van der Waals surface area contributed by atoms with Crippen molar-refractivity contribution in [3.05, 3.63) is 59.9 Å². The molecule has 2 aromatic heterocycles. The molecule has 2 heterocycles. The number of para-hydroxylation sites is 2. The van der Waals surface area contributed by atoms with Crippen LogP contribution in [0.2, 0.25) is 0 Å². The minimum atomic E-state index is -1.06. The highest BCUT2D eigenvalue weighted by Gasteiger charge is 2.22. The number of ether oxygens (including phenoxy) is 1. The van der Waals surface area contributed by atoms with Crippen LogP contribution >= 0.6 is 0 Å². The van der Waals surface area contributed by atoms with E-state index in [9.17, 15) is 19.8 Å². The number of benzene rings is 2. The number of carboxylic acids is 1. The minimum absolute atomic E-state index is 0. The number of carbonyl (C=O) groups is 2. The maximum Gasteiger partial charge on any atom is 0.359 e. The summed E-state index contributed by atoms with van der Waals surface area (Å²) >= 11 is 0. The van der Waals surface area contributed by atoms with Crippen molar-refractivity contribution >= 4 is 33.7 Å². The molecule has 10 heteroatoms. The van der Waals surface area contributed by atoms with Crippen molar-refractivity contribution in [2.24, 2.45) is 0 Å². The third-order valence-electron chi connectivity index (χ3n) is 5.06. The first-order chi connectivity index (χ1) is 16.8. The monoisotopic (exact) mass is 512 g/mol. The molecule has 200 valence electrons. The molecule has 0 atom stereocenters. The number of nitrogens with zero attached hydrogens (tertiary/aromatic N) is 4. The van der Waals surface area contributed by atoms with Gasteiger partial charge in [-0.3, -0.25) is 9.36 Å². The number of esters is 1. The van der Waals surface area contributed by atoms with Crippen molar-refractivity contribution in [1.82, 2.24) is 19.6 Å². The molecule has 10 nitrogen and oxygen atoms in total. The van der Waals surface area contributed by atoms with E-state index in [4.69, 9.17) is 9.84 Å². The quantitative estimate of drug-likeness (QED) is 0.314. The van der Waals surface area contributed by atoms with Gasteiger partial charge in [0.1, 0.15) is 0 Å². The van der Waals surface area contributed by atoms with Gasteiger partial charge in [-0.25, -0.2) is 9.59 Å². The van der Waals surface area contributed by atoms with Gasteiger partial charge < -0.3 is 20.1 Å². The Bertz CT molecular complexity index is 1380. The second-order valence-corrected chi connectivity index (χ2v) is 9.70. The van der Waals surface area contributed by atoms with Gasteiger partial charge >= 0.3 is 11.9 Å². The number of hydrogen-bond acceptors (Lipinski definition) is 7. The molecule has 4 rings (SSSR count). The molecule has 0 bridgehead atoms. The molecule has 37 heavy (non-hydrogen) atoms. The Morgan fingerprint density at radius 3 is 1.62 bits per heavy atom. The van der Waals surface area contributed by atoms with Crippen molar-refractivity contribution < 1.29 is 29.6 Å². The van der Waals surface area contributed by atoms with Crippen LogP contribution in [0.4, 0.5) is 0 Å². The summed E-state index contributed by atoms with van der Waals surface area (Å²) in [5, 5.41) is 38.4. The van der Waals surface area contributed by atoms with Crippen molar-refractivity contribution in [2.45, 2.75) is 66.3 Å². The van der Waals surface area contributed by atoms with E-state index in [1.54, 1.807) is 57.5 Å². The fourth-order valence-electron chi connectivity index (χ4n) is 3.74. The van der Waals surface area contributed by atoms with Crippen LogP contribution in [0.5, 0.6) is 0 Å². The van der Waals surface area contributed by atoms with Crippen LogP contribution in [0.15, 0.2) is 48.5 Å². The fraction of sp³-hybridized carbons (Fsp3) is 0.407. The molecule has 0 saturated heterocycles. The Hall–Kier alpha value is -3.76. The number of hydrogen-bond donors (Lipinski definition) is 3. The molecule has 0 saturated carbocycles. The lowest BCUT2D eigenvalue weighted by Crippen LogP contribution is -2.26. The molecule has 0 fully saturated rings. The van der Waals surface area contributed by atoms with E-state index in [2.05, 4.69) is 10.2 Å². The summed E-state index contributed by atoms with van der Waals surface area (Å²) in [5.41, 5.74) is -0.00285. The van der Waals surface area contributed by atoms with E-state index < -0.39 is 23.1 Å². The number of aromatic nitrogens is 4. The topological polar surface area (TPSA) is 140 Å². The zero-order chi connectivity index (χ0) is 26.7. The molecule has 0 aliphatic heterocycles. The molecule has 3 N–H and O–H groups in total. The van der Waals surface area contributed by atoms with Crippen LogP contribution in [0.25, 0.3) is 21.8 Å². The van der Waals surface area contributed by atoms with Gasteiger partial charge in [0.2, 0.25) is 0 Å². The van der Waals surface area contributed by atoms with Crippen molar-refractivity contribution in [3.63, 3.8) is 0 Å². The van der Waals surface area contributed by atoms with Crippen LogP contribution < -0.4 is 0 Å². The predicted octanol–water partition coefficient (Wildman–Crippen LogP) is 4.13. The highest BCUT2D eigenvalue weighted by Crippen LogP contribution is 2.22. The summed E-state index contributed by atoms with van der Waals surface area (Å²) in [4.78, 5) is 22.9.